The van der Waals surface area contributed by atoms with Gasteiger partial charge < -0.3 is 10.5 Å². The van der Waals surface area contributed by atoms with Crippen LogP contribution >= 0.6 is 0 Å². The second-order valence-electron chi connectivity index (χ2n) is 6.13. The first-order chi connectivity index (χ1) is 9.37. The molecule has 1 aromatic heterocycles. The third-order valence-corrected chi connectivity index (χ3v) is 4.84. The van der Waals surface area contributed by atoms with Crippen molar-refractivity contribution in [3.8, 4) is 0 Å². The molecule has 0 spiro atoms. The van der Waals surface area contributed by atoms with Gasteiger partial charge in [-0.2, -0.15) is 5.10 Å². The highest BCUT2D eigenvalue weighted by molar-refractivity contribution is 6.76. The number of hydrogen-bond donors (Lipinski definition) is 1. The van der Waals surface area contributed by atoms with Crippen LogP contribution in [0.4, 0.5) is 0 Å². The number of carbonyl (C=O) groups excluding carboxylic acids is 1. The van der Waals surface area contributed by atoms with Crippen LogP contribution in [-0.4, -0.2) is 30.4 Å². The molecule has 108 valence electrons. The average Bonchev–Trinajstić information content (AvgIpc) is 2.76. The number of primary amides is 1. The summed E-state index contributed by atoms with van der Waals surface area (Å²) < 4.78 is 7.48. The minimum Gasteiger partial charge on any atom is -0.366 e. The van der Waals surface area contributed by atoms with Gasteiger partial charge in [0.15, 0.2) is 0 Å². The lowest BCUT2D eigenvalue weighted by Crippen LogP contribution is -2.22. The molecule has 0 bridgehead atoms. The minimum atomic E-state index is -1.06. The third-order valence-electron chi connectivity index (χ3n) is 3.14. The van der Waals surface area contributed by atoms with Gasteiger partial charge in [0.25, 0.3) is 0 Å². The molecule has 5 nitrogen and oxygen atoms in total. The second kappa shape index (κ2) is 5.76. The van der Waals surface area contributed by atoms with Gasteiger partial charge in [-0.05, 0) is 24.2 Å². The molecule has 0 saturated heterocycles. The lowest BCUT2D eigenvalue weighted by atomic mass is 10.1. The zero-order chi connectivity index (χ0) is 14.8. The zero-order valence-electron chi connectivity index (χ0n) is 12.2. The predicted molar refractivity (Wildman–Crippen MR) is 82.4 cm³/mol. The maximum Gasteiger partial charge on any atom is 0.248 e. The quantitative estimate of drug-likeness (QED) is 0.656. The van der Waals surface area contributed by atoms with Crippen molar-refractivity contribution in [1.82, 2.24) is 9.78 Å². The minimum absolute atomic E-state index is 0.425. The number of fused-ring (bicyclic) bond motifs is 1. The highest BCUT2D eigenvalue weighted by atomic mass is 28.3. The standard InChI is InChI=1S/C14H21N3O2Si/c1-20(2,3)7-6-19-10-17-13-5-4-11(14(15)18)8-12(13)9-16-17/h4-5,8-9H,6-7,10H2,1-3H3,(H2,15,18). The Bertz CT molecular complexity index is 616. The molecule has 1 heterocycles. The van der Waals surface area contributed by atoms with Crippen LogP contribution in [0.15, 0.2) is 24.4 Å². The van der Waals surface area contributed by atoms with Gasteiger partial charge in [0.05, 0.1) is 11.7 Å². The molecule has 0 aliphatic heterocycles. The molecule has 20 heavy (non-hydrogen) atoms. The molecule has 1 aromatic carbocycles. The average molecular weight is 291 g/mol. The van der Waals surface area contributed by atoms with E-state index in [4.69, 9.17) is 10.5 Å². The summed E-state index contributed by atoms with van der Waals surface area (Å²) in [6.45, 7) is 8.17. The van der Waals surface area contributed by atoms with E-state index in [1.54, 1.807) is 23.0 Å². The summed E-state index contributed by atoms with van der Waals surface area (Å²) >= 11 is 0. The lowest BCUT2D eigenvalue weighted by molar-refractivity contribution is 0.0817. The number of nitrogens with two attached hydrogens (primary N) is 1. The van der Waals surface area contributed by atoms with Gasteiger partial charge in [-0.25, -0.2) is 4.68 Å². The molecule has 2 aromatic rings. The van der Waals surface area contributed by atoms with Crippen molar-refractivity contribution in [2.75, 3.05) is 6.61 Å². The first-order valence-corrected chi connectivity index (χ1v) is 10.4. The van der Waals surface area contributed by atoms with Crippen LogP contribution in [0.3, 0.4) is 0 Å². The maximum atomic E-state index is 11.1. The Hall–Kier alpha value is -1.66. The van der Waals surface area contributed by atoms with Crippen LogP contribution in [0.5, 0.6) is 0 Å². The zero-order valence-corrected chi connectivity index (χ0v) is 13.2. The molecule has 0 aliphatic carbocycles. The molecule has 0 unspecified atom stereocenters. The van der Waals surface area contributed by atoms with Gasteiger partial charge in [0.1, 0.15) is 6.73 Å². The topological polar surface area (TPSA) is 70.1 Å². The van der Waals surface area contributed by atoms with E-state index in [-0.39, 0.29) is 0 Å². The van der Waals surface area contributed by atoms with E-state index in [1.165, 1.54) is 0 Å². The molecule has 0 saturated carbocycles. The van der Waals surface area contributed by atoms with Crippen molar-refractivity contribution in [1.29, 1.82) is 0 Å². The Kier molecular flexibility index (Phi) is 4.25. The van der Waals surface area contributed by atoms with Crippen LogP contribution in [0.25, 0.3) is 10.9 Å². The normalized spacial score (nSPS) is 11.9. The van der Waals surface area contributed by atoms with Crippen LogP contribution < -0.4 is 5.73 Å². The number of aromatic nitrogens is 2. The number of hydrogen-bond acceptors (Lipinski definition) is 3. The molecular formula is C14H21N3O2Si. The fraction of sp³-hybridized carbons (Fsp3) is 0.429. The van der Waals surface area contributed by atoms with E-state index in [0.717, 1.165) is 23.6 Å². The summed E-state index contributed by atoms with van der Waals surface area (Å²) in [6.07, 6.45) is 1.73. The molecule has 0 atom stereocenters. The molecule has 0 aliphatic rings. The number of carbonyl (C=O) groups is 1. The highest BCUT2D eigenvalue weighted by Crippen LogP contribution is 2.16. The van der Waals surface area contributed by atoms with Crippen LogP contribution in [-0.2, 0) is 11.5 Å². The Morgan fingerprint density at radius 1 is 1.40 bits per heavy atom. The van der Waals surface area contributed by atoms with E-state index in [0.29, 0.717) is 12.3 Å². The van der Waals surface area contributed by atoms with E-state index >= 15 is 0 Å². The van der Waals surface area contributed by atoms with Gasteiger partial charge in [-0.15, -0.1) is 0 Å². The SMILES string of the molecule is C[Si](C)(C)CCOCn1ncc2cc(C(N)=O)ccc21. The summed E-state index contributed by atoms with van der Waals surface area (Å²) in [6, 6.07) is 6.45. The smallest absolute Gasteiger partial charge is 0.248 e. The third kappa shape index (κ3) is 3.67. The van der Waals surface area contributed by atoms with Crippen molar-refractivity contribution >= 4 is 24.9 Å². The van der Waals surface area contributed by atoms with E-state index in [2.05, 4.69) is 24.7 Å². The van der Waals surface area contributed by atoms with E-state index < -0.39 is 14.0 Å². The number of benzene rings is 1. The monoisotopic (exact) mass is 291 g/mol. The van der Waals surface area contributed by atoms with Crippen molar-refractivity contribution in [3.05, 3.63) is 30.0 Å². The Morgan fingerprint density at radius 2 is 2.15 bits per heavy atom. The molecule has 6 heteroatoms. The molecule has 0 fully saturated rings. The Morgan fingerprint density at radius 3 is 2.80 bits per heavy atom. The Balaban J connectivity index is 2.03. The summed E-state index contributed by atoms with van der Waals surface area (Å²) in [5.41, 5.74) is 6.71. The number of nitrogens with zero attached hydrogens (tertiary/aromatic N) is 2. The number of ether oxygens (including phenoxy) is 1. The second-order valence-corrected chi connectivity index (χ2v) is 11.8. The van der Waals surface area contributed by atoms with Gasteiger partial charge in [0, 0.05) is 25.6 Å². The van der Waals surface area contributed by atoms with Gasteiger partial charge in [0.2, 0.25) is 5.91 Å². The van der Waals surface area contributed by atoms with Gasteiger partial charge in [-0.1, -0.05) is 19.6 Å². The summed E-state index contributed by atoms with van der Waals surface area (Å²) in [4.78, 5) is 11.1. The van der Waals surface area contributed by atoms with Crippen molar-refractivity contribution in [3.63, 3.8) is 0 Å². The molecule has 2 rings (SSSR count). The lowest BCUT2D eigenvalue weighted by Gasteiger charge is -2.15. The van der Waals surface area contributed by atoms with E-state index in [9.17, 15) is 4.79 Å². The molecule has 2 N–H and O–H groups in total. The predicted octanol–water partition coefficient (Wildman–Crippen LogP) is 2.45. The summed E-state index contributed by atoms with van der Waals surface area (Å²) in [5.74, 6) is -0.425. The van der Waals surface area contributed by atoms with Gasteiger partial charge >= 0.3 is 0 Å². The van der Waals surface area contributed by atoms with Crippen molar-refractivity contribution < 1.29 is 9.53 Å². The molecule has 0 radical (unpaired) electrons. The van der Waals surface area contributed by atoms with E-state index in [1.807, 2.05) is 6.07 Å². The van der Waals surface area contributed by atoms with Crippen molar-refractivity contribution in [2.24, 2.45) is 5.73 Å². The fourth-order valence-electron chi connectivity index (χ4n) is 1.87. The van der Waals surface area contributed by atoms with Crippen LogP contribution in [0.1, 0.15) is 10.4 Å². The summed E-state index contributed by atoms with van der Waals surface area (Å²) in [7, 11) is -1.06. The highest BCUT2D eigenvalue weighted by Gasteiger charge is 2.12. The molecular weight excluding hydrogens is 270 g/mol. The van der Waals surface area contributed by atoms with Crippen molar-refractivity contribution in [2.45, 2.75) is 32.4 Å². The Labute approximate surface area is 119 Å². The first-order valence-electron chi connectivity index (χ1n) is 6.70. The number of rotatable bonds is 6. The fourth-order valence-corrected chi connectivity index (χ4v) is 2.63. The largest absolute Gasteiger partial charge is 0.366 e. The maximum absolute atomic E-state index is 11.1. The molecule has 1 amide bonds. The van der Waals surface area contributed by atoms with Crippen LogP contribution in [0.2, 0.25) is 25.7 Å². The van der Waals surface area contributed by atoms with Gasteiger partial charge in [-0.3, -0.25) is 4.79 Å². The first kappa shape index (κ1) is 14.7. The number of amides is 1. The summed E-state index contributed by atoms with van der Waals surface area (Å²) in [5, 5.41) is 5.18. The van der Waals surface area contributed by atoms with Crippen LogP contribution in [0, 0.1) is 0 Å².